The number of nitrogens with two attached hydrogens (primary N) is 1. The predicted molar refractivity (Wildman–Crippen MR) is 76.7 cm³/mol. The van der Waals surface area contributed by atoms with Crippen molar-refractivity contribution in [3.63, 3.8) is 0 Å². The zero-order chi connectivity index (χ0) is 15.8. The van der Waals surface area contributed by atoms with E-state index in [0.29, 0.717) is 4.88 Å². The second kappa shape index (κ2) is 5.70. The normalized spacial score (nSPS) is 19.1. The van der Waals surface area contributed by atoms with Crippen LogP contribution in [-0.2, 0) is 19.6 Å². The first-order chi connectivity index (χ1) is 9.74. The average Bonchev–Trinajstić information content (AvgIpc) is 2.92. The van der Waals surface area contributed by atoms with Crippen LogP contribution in [0, 0.1) is 6.92 Å². The van der Waals surface area contributed by atoms with Gasteiger partial charge >= 0.3 is 5.97 Å². The lowest BCUT2D eigenvalue weighted by Crippen LogP contribution is -2.32. The predicted octanol–water partition coefficient (Wildman–Crippen LogP) is 0.0220. The molecule has 10 heteroatoms. The van der Waals surface area contributed by atoms with Gasteiger partial charge in [0.05, 0.1) is 6.61 Å². The molecule has 2 N–H and O–H groups in total. The van der Waals surface area contributed by atoms with Crippen LogP contribution in [-0.4, -0.2) is 43.7 Å². The summed E-state index contributed by atoms with van der Waals surface area (Å²) in [5.74, 6) is -0.940. The highest BCUT2D eigenvalue weighted by Crippen LogP contribution is 2.30. The summed E-state index contributed by atoms with van der Waals surface area (Å²) in [6.07, 6.45) is -0.174. The largest absolute Gasteiger partial charge is 0.461 e. The smallest absolute Gasteiger partial charge is 0.358 e. The fourth-order valence-corrected chi connectivity index (χ4v) is 3.62. The van der Waals surface area contributed by atoms with Gasteiger partial charge in [0.2, 0.25) is 15.9 Å². The number of sulfonamides is 1. The van der Waals surface area contributed by atoms with Crippen LogP contribution in [0.25, 0.3) is 0 Å². The van der Waals surface area contributed by atoms with E-state index in [2.05, 4.69) is 4.98 Å². The van der Waals surface area contributed by atoms with Crippen LogP contribution < -0.4 is 10.0 Å². The lowest BCUT2D eigenvalue weighted by atomic mass is 10.4. The number of aryl methyl sites for hydroxylation is 1. The SMILES string of the molecule is CCOC(=O)c1nc(N2CC(S(N)(=O)=O)CC2=O)sc1C. The molecule has 1 amide bonds. The molecule has 21 heavy (non-hydrogen) atoms. The van der Waals surface area contributed by atoms with Crippen molar-refractivity contribution >= 4 is 38.4 Å². The Morgan fingerprint density at radius 2 is 2.24 bits per heavy atom. The molecule has 1 atom stereocenters. The number of rotatable bonds is 4. The van der Waals surface area contributed by atoms with Gasteiger partial charge in [-0.3, -0.25) is 9.69 Å². The summed E-state index contributed by atoms with van der Waals surface area (Å²) < 4.78 is 27.5. The molecule has 0 aliphatic carbocycles. The summed E-state index contributed by atoms with van der Waals surface area (Å²) in [4.78, 5) is 29.5. The molecule has 1 unspecified atom stereocenters. The maximum Gasteiger partial charge on any atom is 0.358 e. The Morgan fingerprint density at radius 3 is 2.76 bits per heavy atom. The van der Waals surface area contributed by atoms with Gasteiger partial charge in [0.1, 0.15) is 5.25 Å². The van der Waals surface area contributed by atoms with Gasteiger partial charge in [0.25, 0.3) is 0 Å². The Labute approximate surface area is 126 Å². The van der Waals surface area contributed by atoms with Gasteiger partial charge in [-0.2, -0.15) is 0 Å². The van der Waals surface area contributed by atoms with Crippen molar-refractivity contribution in [2.75, 3.05) is 18.1 Å². The Kier molecular flexibility index (Phi) is 4.30. The molecule has 116 valence electrons. The van der Waals surface area contributed by atoms with Crippen LogP contribution in [0.3, 0.4) is 0 Å². The standard InChI is InChI=1S/C11H15N3O5S2/c1-3-19-10(16)9-6(2)20-11(13-9)14-5-7(4-8(14)15)21(12,17)18/h7H,3-5H2,1-2H3,(H2,12,17,18). The minimum absolute atomic E-state index is 0.0487. The minimum Gasteiger partial charge on any atom is -0.461 e. The molecule has 1 saturated heterocycles. The van der Waals surface area contributed by atoms with E-state index in [1.807, 2.05) is 0 Å². The Balaban J connectivity index is 2.26. The van der Waals surface area contributed by atoms with Gasteiger partial charge in [0, 0.05) is 17.8 Å². The Bertz CT molecular complexity index is 682. The highest BCUT2D eigenvalue weighted by molar-refractivity contribution is 7.89. The molecule has 1 aliphatic rings. The van der Waals surface area contributed by atoms with E-state index in [4.69, 9.17) is 9.88 Å². The molecule has 0 aromatic carbocycles. The van der Waals surface area contributed by atoms with Crippen LogP contribution in [0.15, 0.2) is 0 Å². The van der Waals surface area contributed by atoms with Gasteiger partial charge < -0.3 is 4.74 Å². The number of esters is 1. The number of carbonyl (C=O) groups is 2. The summed E-state index contributed by atoms with van der Waals surface area (Å²) in [6.45, 7) is 3.54. The number of primary sulfonamides is 1. The van der Waals surface area contributed by atoms with Crippen LogP contribution in [0.2, 0.25) is 0 Å². The Morgan fingerprint density at radius 1 is 1.57 bits per heavy atom. The average molecular weight is 333 g/mol. The van der Waals surface area contributed by atoms with Crippen molar-refractivity contribution in [2.45, 2.75) is 25.5 Å². The van der Waals surface area contributed by atoms with E-state index in [1.54, 1.807) is 13.8 Å². The fraction of sp³-hybridized carbons (Fsp3) is 0.545. The number of amides is 1. The second-order valence-electron chi connectivity index (χ2n) is 4.54. The lowest BCUT2D eigenvalue weighted by molar-refractivity contribution is -0.117. The van der Waals surface area contributed by atoms with E-state index < -0.39 is 21.2 Å². The maximum absolute atomic E-state index is 11.9. The molecule has 1 aliphatic heterocycles. The number of nitrogens with zero attached hydrogens (tertiary/aromatic N) is 2. The molecule has 0 spiro atoms. The minimum atomic E-state index is -3.78. The topological polar surface area (TPSA) is 120 Å². The fourth-order valence-electron chi connectivity index (χ4n) is 1.97. The third kappa shape index (κ3) is 3.22. The number of anilines is 1. The van der Waals surface area contributed by atoms with Crippen molar-refractivity contribution in [2.24, 2.45) is 5.14 Å². The molecule has 8 nitrogen and oxygen atoms in total. The second-order valence-corrected chi connectivity index (χ2v) is 7.57. The van der Waals surface area contributed by atoms with Crippen molar-refractivity contribution in [1.29, 1.82) is 0 Å². The van der Waals surface area contributed by atoms with Crippen molar-refractivity contribution in [3.8, 4) is 0 Å². The highest BCUT2D eigenvalue weighted by Gasteiger charge is 2.38. The van der Waals surface area contributed by atoms with E-state index in [-0.39, 0.29) is 36.3 Å². The van der Waals surface area contributed by atoms with E-state index >= 15 is 0 Å². The monoisotopic (exact) mass is 333 g/mol. The molecule has 1 fully saturated rings. The van der Waals surface area contributed by atoms with Crippen LogP contribution >= 0.6 is 11.3 Å². The van der Waals surface area contributed by atoms with Crippen LogP contribution in [0.5, 0.6) is 0 Å². The van der Waals surface area contributed by atoms with E-state index in [1.165, 1.54) is 4.90 Å². The number of aromatic nitrogens is 1. The first kappa shape index (κ1) is 15.9. The molecule has 1 aromatic rings. The quantitative estimate of drug-likeness (QED) is 0.776. The molecule has 1 aromatic heterocycles. The Hall–Kier alpha value is -1.52. The number of hydrogen-bond donors (Lipinski definition) is 1. The summed E-state index contributed by atoms with van der Waals surface area (Å²) >= 11 is 1.14. The lowest BCUT2D eigenvalue weighted by Gasteiger charge is -2.11. The molecule has 0 bridgehead atoms. The molecule has 0 saturated carbocycles. The third-order valence-electron chi connectivity index (χ3n) is 3.04. The number of carbonyl (C=O) groups excluding carboxylic acids is 2. The van der Waals surface area contributed by atoms with Crippen LogP contribution in [0.4, 0.5) is 5.13 Å². The molecular formula is C11H15N3O5S2. The summed E-state index contributed by atoms with van der Waals surface area (Å²) in [5, 5.41) is 4.41. The molecule has 2 heterocycles. The van der Waals surface area contributed by atoms with Crippen molar-refractivity contribution < 1.29 is 22.7 Å². The van der Waals surface area contributed by atoms with Crippen molar-refractivity contribution in [3.05, 3.63) is 10.6 Å². The van der Waals surface area contributed by atoms with Gasteiger partial charge in [-0.25, -0.2) is 23.3 Å². The van der Waals surface area contributed by atoms with Gasteiger partial charge in [-0.1, -0.05) is 0 Å². The number of hydrogen-bond acceptors (Lipinski definition) is 7. The highest BCUT2D eigenvalue weighted by atomic mass is 32.2. The van der Waals surface area contributed by atoms with Gasteiger partial charge in [0.15, 0.2) is 10.8 Å². The van der Waals surface area contributed by atoms with E-state index in [0.717, 1.165) is 11.3 Å². The maximum atomic E-state index is 11.9. The van der Waals surface area contributed by atoms with Gasteiger partial charge in [-0.15, -0.1) is 11.3 Å². The zero-order valence-corrected chi connectivity index (χ0v) is 13.2. The molecule has 0 radical (unpaired) electrons. The summed E-state index contributed by atoms with van der Waals surface area (Å²) in [7, 11) is -3.78. The van der Waals surface area contributed by atoms with Gasteiger partial charge in [-0.05, 0) is 13.8 Å². The number of thiazole rings is 1. The molecule has 2 rings (SSSR count). The first-order valence-electron chi connectivity index (χ1n) is 6.20. The molecular weight excluding hydrogens is 318 g/mol. The number of ether oxygens (including phenoxy) is 1. The third-order valence-corrected chi connectivity index (χ3v) is 5.28. The first-order valence-corrected chi connectivity index (χ1v) is 8.63. The summed E-state index contributed by atoms with van der Waals surface area (Å²) in [5.41, 5.74) is 0.142. The summed E-state index contributed by atoms with van der Waals surface area (Å²) in [6, 6.07) is 0. The van der Waals surface area contributed by atoms with Crippen molar-refractivity contribution in [1.82, 2.24) is 4.98 Å². The zero-order valence-electron chi connectivity index (χ0n) is 11.5. The van der Waals surface area contributed by atoms with Crippen LogP contribution in [0.1, 0.15) is 28.7 Å². The van der Waals surface area contributed by atoms with E-state index in [9.17, 15) is 18.0 Å².